The lowest BCUT2D eigenvalue weighted by atomic mass is 10.1. The molecule has 2 N–H and O–H groups in total. The summed E-state index contributed by atoms with van der Waals surface area (Å²) in [4.78, 5) is 28.4. The Morgan fingerprint density at radius 2 is 1.91 bits per heavy atom. The average Bonchev–Trinajstić information content (AvgIpc) is 2.85. The molecular weight excluding hydrogens is 314 g/mol. The Balaban J connectivity index is 0.00000264. The van der Waals surface area contributed by atoms with E-state index >= 15 is 0 Å². The van der Waals surface area contributed by atoms with Gasteiger partial charge in [-0.1, -0.05) is 6.07 Å². The van der Waals surface area contributed by atoms with Crippen LogP contribution in [0.5, 0.6) is 0 Å². The van der Waals surface area contributed by atoms with Crippen molar-refractivity contribution >= 4 is 29.9 Å². The molecule has 1 aromatic rings. The van der Waals surface area contributed by atoms with E-state index in [1.54, 1.807) is 16.8 Å². The molecule has 1 aromatic carbocycles. The highest BCUT2D eigenvalue weighted by atomic mass is 35.5. The minimum atomic E-state index is -0.584. The van der Waals surface area contributed by atoms with Crippen LogP contribution in [0, 0.1) is 19.8 Å². The Morgan fingerprint density at radius 1 is 1.35 bits per heavy atom. The quantitative estimate of drug-likeness (QED) is 0.852. The van der Waals surface area contributed by atoms with Gasteiger partial charge in [-0.2, -0.15) is 0 Å². The summed E-state index contributed by atoms with van der Waals surface area (Å²) >= 11 is 0. The summed E-state index contributed by atoms with van der Waals surface area (Å²) in [5.41, 5.74) is 8.72. The van der Waals surface area contributed by atoms with Gasteiger partial charge in [-0.3, -0.25) is 9.59 Å². The summed E-state index contributed by atoms with van der Waals surface area (Å²) in [5, 5.41) is 0. The molecular formula is C17H26ClN3O2. The van der Waals surface area contributed by atoms with E-state index in [1.807, 2.05) is 32.9 Å². The van der Waals surface area contributed by atoms with Crippen molar-refractivity contribution in [3.8, 4) is 0 Å². The van der Waals surface area contributed by atoms with Gasteiger partial charge >= 0.3 is 0 Å². The summed E-state index contributed by atoms with van der Waals surface area (Å²) in [6, 6.07) is 5.99. The van der Waals surface area contributed by atoms with Crippen LogP contribution in [-0.4, -0.2) is 42.9 Å². The van der Waals surface area contributed by atoms with Crippen LogP contribution in [0.4, 0.5) is 5.69 Å². The van der Waals surface area contributed by atoms with Crippen LogP contribution >= 0.6 is 12.4 Å². The predicted octanol–water partition coefficient (Wildman–Crippen LogP) is 1.88. The molecule has 0 saturated carbocycles. The fourth-order valence-electron chi connectivity index (χ4n) is 2.89. The number of likely N-dealkylation sites (N-methyl/N-ethyl adjacent to an activating group) is 1. The van der Waals surface area contributed by atoms with Gasteiger partial charge in [0.1, 0.15) is 5.92 Å². The van der Waals surface area contributed by atoms with Crippen molar-refractivity contribution in [2.75, 3.05) is 25.0 Å². The number of benzene rings is 1. The highest BCUT2D eigenvalue weighted by molar-refractivity contribution is 6.09. The van der Waals surface area contributed by atoms with Crippen LogP contribution < -0.4 is 10.6 Å². The SMILES string of the molecule is Cc1cc(C)cc(N2CCC(C(=O)N(C)C(C)CN)C2=O)c1.Cl. The third-order valence-electron chi connectivity index (χ3n) is 4.37. The number of carbonyl (C=O) groups is 2. The number of carbonyl (C=O) groups excluding carboxylic acids is 2. The van der Waals surface area contributed by atoms with Gasteiger partial charge in [-0.15, -0.1) is 12.4 Å². The minimum Gasteiger partial charge on any atom is -0.341 e. The van der Waals surface area contributed by atoms with Crippen molar-refractivity contribution in [3.63, 3.8) is 0 Å². The second-order valence-corrected chi connectivity index (χ2v) is 6.21. The van der Waals surface area contributed by atoms with Crippen molar-refractivity contribution in [2.45, 2.75) is 33.2 Å². The number of hydrogen-bond acceptors (Lipinski definition) is 3. The first-order valence-electron chi connectivity index (χ1n) is 7.71. The molecule has 2 atom stereocenters. The molecule has 1 heterocycles. The van der Waals surface area contributed by atoms with Crippen molar-refractivity contribution in [3.05, 3.63) is 29.3 Å². The Kier molecular flexibility index (Phi) is 6.59. The van der Waals surface area contributed by atoms with E-state index in [9.17, 15) is 9.59 Å². The third-order valence-corrected chi connectivity index (χ3v) is 4.37. The van der Waals surface area contributed by atoms with E-state index in [4.69, 9.17) is 5.73 Å². The molecule has 2 rings (SSSR count). The molecule has 1 saturated heterocycles. The maximum absolute atomic E-state index is 12.6. The first kappa shape index (κ1) is 19.5. The van der Waals surface area contributed by atoms with Gasteiger partial charge in [0.25, 0.3) is 0 Å². The molecule has 2 unspecified atom stereocenters. The summed E-state index contributed by atoms with van der Waals surface area (Å²) in [6.45, 7) is 6.89. The largest absolute Gasteiger partial charge is 0.341 e. The molecule has 0 aromatic heterocycles. The number of amides is 2. The standard InChI is InChI=1S/C17H25N3O2.ClH/c1-11-7-12(2)9-14(8-11)20-6-5-15(17(20)22)16(21)19(4)13(3)10-18;/h7-9,13,15H,5-6,10,18H2,1-4H3;1H. The molecule has 1 aliphatic rings. The zero-order chi connectivity index (χ0) is 16.4. The highest BCUT2D eigenvalue weighted by Crippen LogP contribution is 2.28. The van der Waals surface area contributed by atoms with E-state index in [2.05, 4.69) is 6.07 Å². The smallest absolute Gasteiger partial charge is 0.239 e. The minimum absolute atomic E-state index is 0. The fraction of sp³-hybridized carbons (Fsp3) is 0.529. The van der Waals surface area contributed by atoms with Crippen molar-refractivity contribution in [2.24, 2.45) is 11.7 Å². The molecule has 0 spiro atoms. The number of anilines is 1. The van der Waals surface area contributed by atoms with Gasteiger partial charge in [-0.25, -0.2) is 0 Å². The first-order valence-corrected chi connectivity index (χ1v) is 7.71. The summed E-state index contributed by atoms with van der Waals surface area (Å²) < 4.78 is 0. The molecule has 1 fully saturated rings. The van der Waals surface area contributed by atoms with Crippen molar-refractivity contribution in [1.82, 2.24) is 4.90 Å². The van der Waals surface area contributed by atoms with Gasteiger partial charge in [0, 0.05) is 31.9 Å². The monoisotopic (exact) mass is 339 g/mol. The average molecular weight is 340 g/mol. The number of aryl methyl sites for hydroxylation is 2. The van der Waals surface area contributed by atoms with E-state index in [0.29, 0.717) is 19.5 Å². The number of hydrogen-bond donors (Lipinski definition) is 1. The van der Waals surface area contributed by atoms with E-state index in [-0.39, 0.29) is 30.3 Å². The van der Waals surface area contributed by atoms with E-state index in [0.717, 1.165) is 16.8 Å². The summed E-state index contributed by atoms with van der Waals surface area (Å²) in [5.74, 6) is -0.819. The molecule has 23 heavy (non-hydrogen) atoms. The van der Waals surface area contributed by atoms with Gasteiger partial charge in [-0.05, 0) is 50.5 Å². The number of halogens is 1. The van der Waals surface area contributed by atoms with Gasteiger partial charge in [0.05, 0.1) is 0 Å². The maximum atomic E-state index is 12.6. The van der Waals surface area contributed by atoms with E-state index in [1.165, 1.54) is 0 Å². The fourth-order valence-corrected chi connectivity index (χ4v) is 2.89. The summed E-state index contributed by atoms with van der Waals surface area (Å²) in [6.07, 6.45) is 0.562. The van der Waals surface area contributed by atoms with Crippen LogP contribution in [0.15, 0.2) is 18.2 Å². The summed E-state index contributed by atoms with van der Waals surface area (Å²) in [7, 11) is 1.71. The third kappa shape index (κ3) is 4.03. The lowest BCUT2D eigenvalue weighted by Gasteiger charge is -2.26. The molecule has 5 nitrogen and oxygen atoms in total. The molecule has 0 radical (unpaired) electrons. The van der Waals surface area contributed by atoms with E-state index < -0.39 is 5.92 Å². The number of nitrogens with two attached hydrogens (primary N) is 1. The lowest BCUT2D eigenvalue weighted by Crippen LogP contribution is -2.44. The van der Waals surface area contributed by atoms with Crippen LogP contribution in [0.1, 0.15) is 24.5 Å². The molecule has 0 bridgehead atoms. The first-order chi connectivity index (χ1) is 10.3. The zero-order valence-corrected chi connectivity index (χ0v) is 15.0. The lowest BCUT2D eigenvalue weighted by molar-refractivity contribution is -0.140. The van der Waals surface area contributed by atoms with Crippen LogP contribution in [-0.2, 0) is 9.59 Å². The second-order valence-electron chi connectivity index (χ2n) is 6.21. The van der Waals surface area contributed by atoms with Crippen molar-refractivity contribution < 1.29 is 9.59 Å². The molecule has 0 aliphatic carbocycles. The Hall–Kier alpha value is -1.59. The Morgan fingerprint density at radius 3 is 2.43 bits per heavy atom. The maximum Gasteiger partial charge on any atom is 0.239 e. The molecule has 1 aliphatic heterocycles. The number of nitrogens with zero attached hydrogens (tertiary/aromatic N) is 2. The normalized spacial score (nSPS) is 18.6. The molecule has 2 amide bonds. The van der Waals surface area contributed by atoms with Gasteiger partial charge < -0.3 is 15.5 Å². The topological polar surface area (TPSA) is 66.6 Å². The number of rotatable bonds is 4. The highest BCUT2D eigenvalue weighted by Gasteiger charge is 2.39. The van der Waals surface area contributed by atoms with Crippen LogP contribution in [0.3, 0.4) is 0 Å². The molecule has 6 heteroatoms. The Labute approximate surface area is 144 Å². The predicted molar refractivity (Wildman–Crippen MR) is 94.9 cm³/mol. The van der Waals surface area contributed by atoms with Crippen LogP contribution in [0.2, 0.25) is 0 Å². The van der Waals surface area contributed by atoms with Gasteiger partial charge in [0.15, 0.2) is 0 Å². The van der Waals surface area contributed by atoms with Gasteiger partial charge in [0.2, 0.25) is 11.8 Å². The molecule has 128 valence electrons. The van der Waals surface area contributed by atoms with Crippen LogP contribution in [0.25, 0.3) is 0 Å². The zero-order valence-electron chi connectivity index (χ0n) is 14.2. The Bertz CT molecular complexity index is 571. The van der Waals surface area contributed by atoms with Crippen molar-refractivity contribution in [1.29, 1.82) is 0 Å². The second kappa shape index (κ2) is 7.79.